The van der Waals surface area contributed by atoms with Crippen LogP contribution < -0.4 is 0 Å². The second kappa shape index (κ2) is 6.95. The molecule has 0 radical (unpaired) electrons. The van der Waals surface area contributed by atoms with Gasteiger partial charge in [-0.1, -0.05) is 23.4 Å². The molecule has 1 aliphatic carbocycles. The van der Waals surface area contributed by atoms with Crippen molar-refractivity contribution in [2.45, 2.75) is 23.7 Å². The van der Waals surface area contributed by atoms with Gasteiger partial charge in [0.15, 0.2) is 9.84 Å². The zero-order valence-electron chi connectivity index (χ0n) is 14.4. The van der Waals surface area contributed by atoms with Gasteiger partial charge in [-0.3, -0.25) is 0 Å². The lowest BCUT2D eigenvalue weighted by atomic mass is 10.1. The molecule has 0 N–H and O–H groups in total. The van der Waals surface area contributed by atoms with Crippen LogP contribution >= 0.6 is 11.6 Å². The zero-order chi connectivity index (χ0) is 19.8. The van der Waals surface area contributed by atoms with Gasteiger partial charge in [-0.2, -0.15) is 8.78 Å². The molecule has 0 amide bonds. The molecule has 1 heterocycles. The number of aromatic nitrogens is 2. The number of hydrogen-bond acceptors (Lipinski definition) is 3. The average Bonchev–Trinajstić information content (AvgIpc) is 2.92. The molecule has 1 aromatic heterocycles. The van der Waals surface area contributed by atoms with Crippen LogP contribution in [0.1, 0.15) is 24.4 Å². The van der Waals surface area contributed by atoms with E-state index < -0.39 is 27.4 Å². The lowest BCUT2D eigenvalue weighted by Gasteiger charge is -2.11. The van der Waals surface area contributed by atoms with E-state index in [1.165, 1.54) is 35.0 Å². The minimum atomic E-state index is -3.36. The van der Waals surface area contributed by atoms with Crippen LogP contribution in [0.15, 0.2) is 58.6 Å². The molecule has 1 atom stereocenters. The number of sulfone groups is 1. The lowest BCUT2D eigenvalue weighted by molar-refractivity contribution is 0.0130. The van der Waals surface area contributed by atoms with Crippen molar-refractivity contribution < 1.29 is 17.2 Å². The van der Waals surface area contributed by atoms with Crippen LogP contribution in [0.3, 0.4) is 0 Å². The van der Waals surface area contributed by atoms with Crippen LogP contribution in [0.4, 0.5) is 8.78 Å². The molecule has 0 spiro atoms. The van der Waals surface area contributed by atoms with Crippen molar-refractivity contribution in [3.63, 3.8) is 0 Å². The van der Waals surface area contributed by atoms with E-state index in [1.54, 1.807) is 18.2 Å². The molecule has 4 nitrogen and oxygen atoms in total. The highest BCUT2D eigenvalue weighted by Crippen LogP contribution is 2.31. The Morgan fingerprint density at radius 1 is 1.26 bits per heavy atom. The highest BCUT2D eigenvalue weighted by molar-refractivity contribution is 7.90. The number of rotatable bonds is 4. The van der Waals surface area contributed by atoms with Crippen molar-refractivity contribution >= 4 is 21.4 Å². The van der Waals surface area contributed by atoms with Crippen LogP contribution in [-0.2, 0) is 15.8 Å². The molecule has 3 rings (SSSR count). The standard InChI is InChI=1S/C19H15ClF2N2O2S/c1-19(21,22)17-12-24(15-7-9-16(10-8-15)27(2,25)26)18(23-17)13-5-3-4-6-14(20)11-13/h4,6-13H,1-2H3. The Morgan fingerprint density at radius 2 is 1.93 bits per heavy atom. The quantitative estimate of drug-likeness (QED) is 0.713. The highest BCUT2D eigenvalue weighted by Gasteiger charge is 2.30. The molecule has 140 valence electrons. The van der Waals surface area contributed by atoms with E-state index in [4.69, 9.17) is 11.6 Å². The first-order valence-electron chi connectivity index (χ1n) is 7.89. The van der Waals surface area contributed by atoms with Crippen LogP contribution in [-0.4, -0.2) is 24.2 Å². The SMILES string of the molecule is CC(F)(F)c1cn(-c2ccc(S(C)(=O)=O)cc2)c(C2C#CC=CC(Cl)=C2)n1. The minimum Gasteiger partial charge on any atom is -0.302 e. The summed E-state index contributed by atoms with van der Waals surface area (Å²) in [6.07, 6.45) is 7.13. The normalized spacial score (nSPS) is 17.1. The Balaban J connectivity index is 2.15. The predicted octanol–water partition coefficient (Wildman–Crippen LogP) is 4.17. The first-order valence-corrected chi connectivity index (χ1v) is 10.2. The van der Waals surface area contributed by atoms with Gasteiger partial charge in [0, 0.05) is 30.1 Å². The fraction of sp³-hybridized carbons (Fsp3) is 0.211. The third-order valence-electron chi connectivity index (χ3n) is 3.89. The third kappa shape index (κ3) is 4.29. The van der Waals surface area contributed by atoms with Gasteiger partial charge in [0.1, 0.15) is 11.5 Å². The molecule has 0 fully saturated rings. The van der Waals surface area contributed by atoms with Crippen molar-refractivity contribution in [3.05, 3.63) is 65.2 Å². The fourth-order valence-electron chi connectivity index (χ4n) is 2.54. The lowest BCUT2D eigenvalue weighted by Crippen LogP contribution is -2.07. The molecule has 27 heavy (non-hydrogen) atoms. The first kappa shape index (κ1) is 19.3. The van der Waals surface area contributed by atoms with E-state index in [2.05, 4.69) is 16.8 Å². The summed E-state index contributed by atoms with van der Waals surface area (Å²) in [4.78, 5) is 4.22. The number of imidazole rings is 1. The summed E-state index contributed by atoms with van der Waals surface area (Å²) in [5.74, 6) is 2.24. The van der Waals surface area contributed by atoms with Gasteiger partial charge in [0.05, 0.1) is 10.8 Å². The maximum atomic E-state index is 13.9. The number of alkyl halides is 2. The summed E-state index contributed by atoms with van der Waals surface area (Å²) >= 11 is 6.07. The molecule has 1 aromatic carbocycles. The van der Waals surface area contributed by atoms with E-state index in [0.29, 0.717) is 10.7 Å². The number of halogens is 3. The van der Waals surface area contributed by atoms with Gasteiger partial charge in [0.2, 0.25) is 0 Å². The largest absolute Gasteiger partial charge is 0.302 e. The molecule has 2 aromatic rings. The monoisotopic (exact) mass is 408 g/mol. The molecule has 8 heteroatoms. The zero-order valence-corrected chi connectivity index (χ0v) is 16.0. The van der Waals surface area contributed by atoms with Gasteiger partial charge in [-0.05, 0) is 42.5 Å². The number of allylic oxidation sites excluding steroid dienone is 4. The van der Waals surface area contributed by atoms with Gasteiger partial charge >= 0.3 is 0 Å². The maximum Gasteiger partial charge on any atom is 0.288 e. The van der Waals surface area contributed by atoms with E-state index in [-0.39, 0.29) is 10.7 Å². The van der Waals surface area contributed by atoms with Gasteiger partial charge in [-0.15, -0.1) is 0 Å². The highest BCUT2D eigenvalue weighted by atomic mass is 35.5. The number of hydrogen-bond donors (Lipinski definition) is 0. The summed E-state index contributed by atoms with van der Waals surface area (Å²) in [5.41, 5.74) is 0.0807. The van der Waals surface area contributed by atoms with Crippen molar-refractivity contribution in [1.82, 2.24) is 9.55 Å². The number of nitrogens with zero attached hydrogens (tertiary/aromatic N) is 2. The molecule has 1 aliphatic rings. The topological polar surface area (TPSA) is 52.0 Å². The molecule has 0 bridgehead atoms. The summed E-state index contributed by atoms with van der Waals surface area (Å²) in [6.45, 7) is 0.763. The van der Waals surface area contributed by atoms with Crippen molar-refractivity contribution in [2.24, 2.45) is 0 Å². The Labute approximate surface area is 161 Å². The summed E-state index contributed by atoms with van der Waals surface area (Å²) in [7, 11) is -3.36. The second-order valence-electron chi connectivity index (χ2n) is 6.16. The van der Waals surface area contributed by atoms with E-state index in [0.717, 1.165) is 13.2 Å². The van der Waals surface area contributed by atoms with Gasteiger partial charge in [0.25, 0.3) is 5.92 Å². The second-order valence-corrected chi connectivity index (χ2v) is 8.61. The predicted molar refractivity (Wildman–Crippen MR) is 99.8 cm³/mol. The van der Waals surface area contributed by atoms with Crippen LogP contribution in [0.2, 0.25) is 0 Å². The Hall–Kier alpha value is -2.43. The van der Waals surface area contributed by atoms with Crippen molar-refractivity contribution in [1.29, 1.82) is 0 Å². The number of benzene rings is 1. The van der Waals surface area contributed by atoms with E-state index in [1.807, 2.05) is 0 Å². The van der Waals surface area contributed by atoms with E-state index in [9.17, 15) is 17.2 Å². The molecular formula is C19H15ClF2N2O2S. The summed E-state index contributed by atoms with van der Waals surface area (Å²) < 4.78 is 52.5. The Kier molecular flexibility index (Phi) is 4.98. The fourth-order valence-corrected chi connectivity index (χ4v) is 3.36. The molecule has 0 aliphatic heterocycles. The van der Waals surface area contributed by atoms with E-state index >= 15 is 0 Å². The molecule has 0 saturated heterocycles. The molecular weight excluding hydrogens is 394 g/mol. The van der Waals surface area contributed by atoms with Crippen LogP contribution in [0.5, 0.6) is 0 Å². The van der Waals surface area contributed by atoms with Crippen molar-refractivity contribution in [2.75, 3.05) is 6.26 Å². The van der Waals surface area contributed by atoms with Crippen LogP contribution in [0.25, 0.3) is 5.69 Å². The Morgan fingerprint density at radius 3 is 2.52 bits per heavy atom. The van der Waals surface area contributed by atoms with Crippen molar-refractivity contribution in [3.8, 4) is 17.5 Å². The minimum absolute atomic E-state index is 0.135. The summed E-state index contributed by atoms with van der Waals surface area (Å²) in [5, 5.41) is 0.407. The molecule has 0 saturated carbocycles. The Bertz CT molecular complexity index is 1100. The third-order valence-corrected chi connectivity index (χ3v) is 5.28. The maximum absolute atomic E-state index is 13.9. The molecule has 1 unspecified atom stereocenters. The summed E-state index contributed by atoms with van der Waals surface area (Å²) in [6, 6.07) is 5.91. The van der Waals surface area contributed by atoms with Gasteiger partial charge in [-0.25, -0.2) is 13.4 Å². The average molecular weight is 409 g/mol. The first-order chi connectivity index (χ1) is 12.6. The smallest absolute Gasteiger partial charge is 0.288 e. The van der Waals surface area contributed by atoms with Crippen LogP contribution in [0, 0.1) is 11.8 Å². The van der Waals surface area contributed by atoms with Gasteiger partial charge < -0.3 is 4.57 Å².